The average molecular weight is 354 g/mol. The molecule has 114 valence electrons. The van der Waals surface area contributed by atoms with E-state index in [0.717, 1.165) is 6.42 Å². The summed E-state index contributed by atoms with van der Waals surface area (Å²) in [6.45, 7) is 5.53. The second kappa shape index (κ2) is 8.00. The van der Waals surface area contributed by atoms with E-state index >= 15 is 0 Å². The van der Waals surface area contributed by atoms with Gasteiger partial charge in [0.05, 0.1) is 18.2 Å². The molecular formula is C14H19BrF3NO. The first-order chi connectivity index (χ1) is 9.40. The monoisotopic (exact) mass is 353 g/mol. The van der Waals surface area contributed by atoms with Gasteiger partial charge in [0.2, 0.25) is 0 Å². The number of hydrogen-bond acceptors (Lipinski definition) is 2. The van der Waals surface area contributed by atoms with E-state index in [-0.39, 0.29) is 10.5 Å². The van der Waals surface area contributed by atoms with Crippen LogP contribution in [0.3, 0.4) is 0 Å². The van der Waals surface area contributed by atoms with Crippen LogP contribution >= 0.6 is 15.9 Å². The van der Waals surface area contributed by atoms with Gasteiger partial charge < -0.3 is 10.1 Å². The highest BCUT2D eigenvalue weighted by molar-refractivity contribution is 9.10. The van der Waals surface area contributed by atoms with Crippen LogP contribution in [-0.2, 0) is 10.9 Å². The number of hydrogen-bond donors (Lipinski definition) is 1. The molecule has 2 nitrogen and oxygen atoms in total. The van der Waals surface area contributed by atoms with Gasteiger partial charge in [-0.2, -0.15) is 13.2 Å². The van der Waals surface area contributed by atoms with Gasteiger partial charge in [0, 0.05) is 11.1 Å². The van der Waals surface area contributed by atoms with Gasteiger partial charge in [-0.1, -0.05) is 35.8 Å². The Hall–Kier alpha value is -0.590. The van der Waals surface area contributed by atoms with Crippen LogP contribution in [0.25, 0.3) is 0 Å². The number of likely N-dealkylation sites (N-methyl/N-ethyl adjacent to an activating group) is 1. The summed E-state index contributed by atoms with van der Waals surface area (Å²) in [5.74, 6) is 0. The van der Waals surface area contributed by atoms with Crippen LogP contribution in [0.4, 0.5) is 13.2 Å². The maximum atomic E-state index is 12.9. The number of nitrogens with one attached hydrogen (secondary N) is 1. The van der Waals surface area contributed by atoms with Crippen molar-refractivity contribution in [3.8, 4) is 0 Å². The quantitative estimate of drug-likeness (QED) is 0.726. The van der Waals surface area contributed by atoms with Crippen molar-refractivity contribution in [2.45, 2.75) is 32.5 Å². The lowest BCUT2D eigenvalue weighted by molar-refractivity contribution is -0.138. The fourth-order valence-corrected chi connectivity index (χ4v) is 2.31. The number of rotatable bonds is 7. The molecular weight excluding hydrogens is 335 g/mol. The smallest absolute Gasteiger partial charge is 0.379 e. The van der Waals surface area contributed by atoms with Gasteiger partial charge in [-0.05, 0) is 30.7 Å². The summed E-state index contributed by atoms with van der Waals surface area (Å²) in [6, 6.07) is 4.05. The first-order valence-electron chi connectivity index (χ1n) is 6.57. The Balaban J connectivity index is 2.96. The topological polar surface area (TPSA) is 21.3 Å². The van der Waals surface area contributed by atoms with E-state index in [2.05, 4.69) is 21.2 Å². The van der Waals surface area contributed by atoms with E-state index in [1.54, 1.807) is 6.07 Å². The molecule has 20 heavy (non-hydrogen) atoms. The minimum atomic E-state index is -4.37. The van der Waals surface area contributed by atoms with E-state index in [0.29, 0.717) is 25.3 Å². The summed E-state index contributed by atoms with van der Waals surface area (Å²) in [5.41, 5.74) is -0.0770. The summed E-state index contributed by atoms with van der Waals surface area (Å²) >= 11 is 2.95. The summed E-state index contributed by atoms with van der Waals surface area (Å²) in [7, 11) is 0. The second-order valence-electron chi connectivity index (χ2n) is 4.42. The minimum Gasteiger partial charge on any atom is -0.379 e. The molecule has 0 fully saturated rings. The first kappa shape index (κ1) is 17.5. The zero-order chi connectivity index (χ0) is 15.2. The van der Waals surface area contributed by atoms with Crippen molar-refractivity contribution < 1.29 is 17.9 Å². The Morgan fingerprint density at radius 2 is 2.00 bits per heavy atom. The maximum Gasteiger partial charge on any atom is 0.417 e. The maximum absolute atomic E-state index is 12.9. The molecule has 0 bridgehead atoms. The van der Waals surface area contributed by atoms with E-state index in [9.17, 15) is 13.2 Å². The first-order valence-corrected chi connectivity index (χ1v) is 7.37. The highest BCUT2D eigenvalue weighted by atomic mass is 79.9. The lowest BCUT2D eigenvalue weighted by Crippen LogP contribution is -2.26. The summed E-state index contributed by atoms with van der Waals surface area (Å²) < 4.78 is 44.2. The second-order valence-corrected chi connectivity index (χ2v) is 5.28. The predicted molar refractivity (Wildman–Crippen MR) is 76.7 cm³/mol. The lowest BCUT2D eigenvalue weighted by Gasteiger charge is -2.20. The lowest BCUT2D eigenvalue weighted by atomic mass is 10.0. The van der Waals surface area contributed by atoms with Gasteiger partial charge in [-0.3, -0.25) is 0 Å². The standard InChI is InChI=1S/C14H19BrF3NO/c1-3-7-20-9-13(19-4-2)10-5-6-12(15)11(8-10)14(16,17)18/h5-6,8,13,19H,3-4,7,9H2,1-2H3. The molecule has 0 radical (unpaired) electrons. The van der Waals surface area contributed by atoms with Crippen molar-refractivity contribution >= 4 is 15.9 Å². The Morgan fingerprint density at radius 3 is 2.55 bits per heavy atom. The van der Waals surface area contributed by atoms with Crippen molar-refractivity contribution in [1.29, 1.82) is 0 Å². The van der Waals surface area contributed by atoms with Crippen LogP contribution in [0.1, 0.15) is 37.4 Å². The third kappa shape index (κ3) is 5.07. The third-order valence-electron chi connectivity index (χ3n) is 2.78. The summed E-state index contributed by atoms with van der Waals surface area (Å²) in [4.78, 5) is 0. The van der Waals surface area contributed by atoms with Crippen molar-refractivity contribution in [2.24, 2.45) is 0 Å². The number of halogens is 4. The van der Waals surface area contributed by atoms with Crippen LogP contribution in [0.5, 0.6) is 0 Å². The molecule has 1 aromatic rings. The molecule has 0 aliphatic carbocycles. The van der Waals surface area contributed by atoms with Crippen LogP contribution in [0.2, 0.25) is 0 Å². The van der Waals surface area contributed by atoms with Gasteiger partial charge in [0.1, 0.15) is 0 Å². The zero-order valence-corrected chi connectivity index (χ0v) is 13.1. The van der Waals surface area contributed by atoms with Crippen molar-refractivity contribution in [3.05, 3.63) is 33.8 Å². The van der Waals surface area contributed by atoms with E-state index in [1.807, 2.05) is 13.8 Å². The molecule has 0 saturated heterocycles. The Kier molecular flexibility index (Phi) is 6.99. The molecule has 0 amide bonds. The highest BCUT2D eigenvalue weighted by Crippen LogP contribution is 2.36. The fraction of sp³-hybridized carbons (Fsp3) is 0.571. The highest BCUT2D eigenvalue weighted by Gasteiger charge is 2.33. The molecule has 1 rings (SSSR count). The van der Waals surface area contributed by atoms with Crippen molar-refractivity contribution in [2.75, 3.05) is 19.8 Å². The van der Waals surface area contributed by atoms with Crippen LogP contribution in [0.15, 0.2) is 22.7 Å². The van der Waals surface area contributed by atoms with E-state index in [4.69, 9.17) is 4.74 Å². The summed E-state index contributed by atoms with van der Waals surface area (Å²) in [6.07, 6.45) is -3.48. The fourth-order valence-electron chi connectivity index (χ4n) is 1.84. The van der Waals surface area contributed by atoms with Crippen LogP contribution in [0, 0.1) is 0 Å². The number of benzene rings is 1. The van der Waals surface area contributed by atoms with Gasteiger partial charge in [-0.25, -0.2) is 0 Å². The molecule has 1 unspecified atom stereocenters. The average Bonchev–Trinajstić information content (AvgIpc) is 2.37. The van der Waals surface area contributed by atoms with Crippen molar-refractivity contribution in [3.63, 3.8) is 0 Å². The van der Waals surface area contributed by atoms with E-state index in [1.165, 1.54) is 12.1 Å². The Labute approximate surface area is 125 Å². The Morgan fingerprint density at radius 1 is 1.30 bits per heavy atom. The third-order valence-corrected chi connectivity index (χ3v) is 3.47. The van der Waals surface area contributed by atoms with Gasteiger partial charge in [0.15, 0.2) is 0 Å². The molecule has 0 aliphatic heterocycles. The molecule has 0 heterocycles. The molecule has 0 saturated carbocycles. The Bertz CT molecular complexity index is 423. The van der Waals surface area contributed by atoms with E-state index < -0.39 is 11.7 Å². The van der Waals surface area contributed by atoms with Gasteiger partial charge >= 0.3 is 6.18 Å². The SMILES string of the molecule is CCCOCC(NCC)c1ccc(Br)c(C(F)(F)F)c1. The normalized spacial score (nSPS) is 13.5. The molecule has 1 atom stereocenters. The zero-order valence-electron chi connectivity index (χ0n) is 11.6. The predicted octanol–water partition coefficient (Wildman–Crippen LogP) is 4.55. The van der Waals surface area contributed by atoms with Crippen molar-refractivity contribution in [1.82, 2.24) is 5.32 Å². The largest absolute Gasteiger partial charge is 0.417 e. The number of alkyl halides is 3. The van der Waals surface area contributed by atoms with Gasteiger partial charge in [-0.15, -0.1) is 0 Å². The molecule has 0 aromatic heterocycles. The summed E-state index contributed by atoms with van der Waals surface area (Å²) in [5, 5.41) is 3.15. The molecule has 1 N–H and O–H groups in total. The molecule has 6 heteroatoms. The molecule has 0 spiro atoms. The van der Waals surface area contributed by atoms with Crippen LogP contribution in [-0.4, -0.2) is 19.8 Å². The van der Waals surface area contributed by atoms with Crippen LogP contribution < -0.4 is 5.32 Å². The minimum absolute atomic E-state index is 0.0541. The number of ether oxygens (including phenoxy) is 1. The molecule has 0 aliphatic rings. The molecule has 1 aromatic carbocycles. The van der Waals surface area contributed by atoms with Gasteiger partial charge in [0.25, 0.3) is 0 Å².